The minimum Gasteiger partial charge on any atom is -0.337 e. The summed E-state index contributed by atoms with van der Waals surface area (Å²) < 4.78 is 22.7. The van der Waals surface area contributed by atoms with E-state index in [1.54, 1.807) is 19.1 Å². The molecule has 1 fully saturated rings. The summed E-state index contributed by atoms with van der Waals surface area (Å²) in [6.07, 6.45) is 0. The second-order valence-corrected chi connectivity index (χ2v) is 7.63. The average Bonchev–Trinajstić information content (AvgIpc) is 2.34. The fourth-order valence-electron chi connectivity index (χ4n) is 1.87. The van der Waals surface area contributed by atoms with E-state index in [0.717, 1.165) is 5.56 Å². The first-order valence-corrected chi connectivity index (χ1v) is 8.33. The summed E-state index contributed by atoms with van der Waals surface area (Å²) >= 11 is 12.0. The molecule has 0 unspecified atom stereocenters. The molecule has 0 N–H and O–H groups in total. The SMILES string of the molecule is Cc1c(Cl)cc(C(=O)N2CCS(=O)(=O)CC2)cc1Cl. The van der Waals surface area contributed by atoms with Gasteiger partial charge in [-0.1, -0.05) is 23.2 Å². The van der Waals surface area contributed by atoms with Gasteiger partial charge in [-0.05, 0) is 24.6 Å². The molecule has 0 atom stereocenters. The van der Waals surface area contributed by atoms with Gasteiger partial charge in [0.05, 0.1) is 11.5 Å². The van der Waals surface area contributed by atoms with Gasteiger partial charge >= 0.3 is 0 Å². The number of hydrogen-bond donors (Lipinski definition) is 0. The van der Waals surface area contributed by atoms with Gasteiger partial charge in [0.15, 0.2) is 9.84 Å². The molecule has 1 aliphatic heterocycles. The third-order valence-electron chi connectivity index (χ3n) is 3.16. The van der Waals surface area contributed by atoms with Crippen LogP contribution in [-0.4, -0.2) is 43.8 Å². The quantitative estimate of drug-likeness (QED) is 0.796. The van der Waals surface area contributed by atoms with Gasteiger partial charge in [-0.3, -0.25) is 4.79 Å². The summed E-state index contributed by atoms with van der Waals surface area (Å²) in [6, 6.07) is 3.13. The van der Waals surface area contributed by atoms with Crippen LogP contribution >= 0.6 is 23.2 Å². The molecular weight excluding hydrogens is 309 g/mol. The third-order valence-corrected chi connectivity index (χ3v) is 5.55. The molecule has 0 aliphatic carbocycles. The monoisotopic (exact) mass is 321 g/mol. The Hall–Kier alpha value is -0.780. The largest absolute Gasteiger partial charge is 0.337 e. The summed E-state index contributed by atoms with van der Waals surface area (Å²) in [5.41, 5.74) is 1.11. The van der Waals surface area contributed by atoms with Crippen LogP contribution in [0.25, 0.3) is 0 Å². The molecule has 0 radical (unpaired) electrons. The molecule has 2 rings (SSSR count). The minimum absolute atomic E-state index is 0.00602. The molecule has 104 valence electrons. The number of carbonyl (C=O) groups is 1. The Labute approximate surface area is 122 Å². The number of carbonyl (C=O) groups excluding carboxylic acids is 1. The molecular formula is C12H13Cl2NO3S. The summed E-state index contributed by atoms with van der Waals surface area (Å²) in [7, 11) is -3.00. The highest BCUT2D eigenvalue weighted by atomic mass is 35.5. The Morgan fingerprint density at radius 3 is 2.11 bits per heavy atom. The second kappa shape index (κ2) is 5.31. The Morgan fingerprint density at radius 2 is 1.63 bits per heavy atom. The lowest BCUT2D eigenvalue weighted by Gasteiger charge is -2.27. The molecule has 1 saturated heterocycles. The number of rotatable bonds is 1. The molecule has 1 aliphatic rings. The van der Waals surface area contributed by atoms with Crippen molar-refractivity contribution >= 4 is 38.9 Å². The van der Waals surface area contributed by atoms with Crippen LogP contribution < -0.4 is 0 Å². The topological polar surface area (TPSA) is 54.5 Å². The summed E-state index contributed by atoms with van der Waals surface area (Å²) in [5, 5.41) is 0.862. The molecule has 0 bridgehead atoms. The van der Waals surface area contributed by atoms with Crippen molar-refractivity contribution in [2.45, 2.75) is 6.92 Å². The lowest BCUT2D eigenvalue weighted by molar-refractivity contribution is 0.0770. The van der Waals surface area contributed by atoms with Gasteiger partial charge in [-0.25, -0.2) is 8.42 Å². The van der Waals surface area contributed by atoms with E-state index in [2.05, 4.69) is 0 Å². The highest BCUT2D eigenvalue weighted by molar-refractivity contribution is 7.91. The van der Waals surface area contributed by atoms with E-state index in [1.807, 2.05) is 0 Å². The van der Waals surface area contributed by atoms with E-state index >= 15 is 0 Å². The number of hydrogen-bond acceptors (Lipinski definition) is 3. The fraction of sp³-hybridized carbons (Fsp3) is 0.417. The zero-order valence-electron chi connectivity index (χ0n) is 10.3. The van der Waals surface area contributed by atoms with Gasteiger partial charge in [0.1, 0.15) is 0 Å². The van der Waals surface area contributed by atoms with Gasteiger partial charge in [0.2, 0.25) is 0 Å². The standard InChI is InChI=1S/C12H13Cl2NO3S/c1-8-10(13)6-9(7-11(8)14)12(16)15-2-4-19(17,18)5-3-15/h6-7H,2-5H2,1H3. The van der Waals surface area contributed by atoms with Crippen LogP contribution in [0, 0.1) is 6.92 Å². The van der Waals surface area contributed by atoms with Gasteiger partial charge in [0, 0.05) is 28.7 Å². The van der Waals surface area contributed by atoms with E-state index in [4.69, 9.17) is 23.2 Å². The average molecular weight is 322 g/mol. The number of benzene rings is 1. The lowest BCUT2D eigenvalue weighted by atomic mass is 10.1. The maximum Gasteiger partial charge on any atom is 0.254 e. The molecule has 0 saturated carbocycles. The van der Waals surface area contributed by atoms with Crippen LogP contribution in [0.5, 0.6) is 0 Å². The van der Waals surface area contributed by atoms with Crippen LogP contribution in [-0.2, 0) is 9.84 Å². The first-order valence-electron chi connectivity index (χ1n) is 5.75. The van der Waals surface area contributed by atoms with Gasteiger partial charge in [-0.2, -0.15) is 0 Å². The number of sulfone groups is 1. The second-order valence-electron chi connectivity index (χ2n) is 4.51. The maximum atomic E-state index is 12.2. The highest BCUT2D eigenvalue weighted by Crippen LogP contribution is 2.26. The smallest absolute Gasteiger partial charge is 0.254 e. The van der Waals surface area contributed by atoms with Crippen molar-refractivity contribution in [3.05, 3.63) is 33.3 Å². The van der Waals surface area contributed by atoms with Crippen LogP contribution in [0.2, 0.25) is 10.0 Å². The van der Waals surface area contributed by atoms with Gasteiger partial charge in [-0.15, -0.1) is 0 Å². The van der Waals surface area contributed by atoms with E-state index < -0.39 is 9.84 Å². The molecule has 19 heavy (non-hydrogen) atoms. The van der Waals surface area contributed by atoms with Crippen molar-refractivity contribution in [3.8, 4) is 0 Å². The molecule has 0 aromatic heterocycles. The van der Waals surface area contributed by atoms with Crippen molar-refractivity contribution in [1.29, 1.82) is 0 Å². The predicted molar refractivity (Wildman–Crippen MR) is 75.8 cm³/mol. The molecule has 4 nitrogen and oxygen atoms in total. The number of amides is 1. The van der Waals surface area contributed by atoms with Crippen molar-refractivity contribution in [1.82, 2.24) is 4.90 Å². The number of nitrogens with zero attached hydrogens (tertiary/aromatic N) is 1. The first-order chi connectivity index (χ1) is 8.80. The zero-order valence-corrected chi connectivity index (χ0v) is 12.6. The molecule has 7 heteroatoms. The molecule has 1 amide bonds. The van der Waals surface area contributed by atoms with Gasteiger partial charge in [0.25, 0.3) is 5.91 Å². The summed E-state index contributed by atoms with van der Waals surface area (Å²) in [4.78, 5) is 13.8. The van der Waals surface area contributed by atoms with E-state index in [1.165, 1.54) is 4.90 Å². The van der Waals surface area contributed by atoms with Crippen LogP contribution in [0.4, 0.5) is 0 Å². The molecule has 1 heterocycles. The molecule has 1 aromatic carbocycles. The molecule has 1 aromatic rings. The maximum absolute atomic E-state index is 12.2. The Kier molecular flexibility index (Phi) is 4.08. The van der Waals surface area contributed by atoms with Crippen molar-refractivity contribution in [3.63, 3.8) is 0 Å². The number of halogens is 2. The van der Waals surface area contributed by atoms with E-state index in [9.17, 15) is 13.2 Å². The Morgan fingerprint density at radius 1 is 1.16 bits per heavy atom. The summed E-state index contributed by atoms with van der Waals surface area (Å²) in [6.45, 7) is 2.20. The van der Waals surface area contributed by atoms with Crippen LogP contribution in [0.15, 0.2) is 12.1 Å². The van der Waals surface area contributed by atoms with Crippen molar-refractivity contribution in [2.75, 3.05) is 24.6 Å². The van der Waals surface area contributed by atoms with Crippen LogP contribution in [0.1, 0.15) is 15.9 Å². The normalized spacial score (nSPS) is 18.4. The lowest BCUT2D eigenvalue weighted by Crippen LogP contribution is -2.43. The van der Waals surface area contributed by atoms with E-state index in [-0.39, 0.29) is 30.5 Å². The highest BCUT2D eigenvalue weighted by Gasteiger charge is 2.26. The van der Waals surface area contributed by atoms with Crippen molar-refractivity contribution in [2.24, 2.45) is 0 Å². The van der Waals surface area contributed by atoms with Gasteiger partial charge < -0.3 is 4.90 Å². The first kappa shape index (κ1) is 14.6. The fourth-order valence-corrected chi connectivity index (χ4v) is 3.56. The summed E-state index contributed by atoms with van der Waals surface area (Å²) in [5.74, 6) is -0.225. The molecule has 0 spiro atoms. The zero-order chi connectivity index (χ0) is 14.2. The minimum atomic E-state index is -3.00. The van der Waals surface area contributed by atoms with E-state index in [0.29, 0.717) is 15.6 Å². The Bertz CT molecular complexity index is 591. The Balaban J connectivity index is 2.21. The third kappa shape index (κ3) is 3.22. The van der Waals surface area contributed by atoms with Crippen LogP contribution in [0.3, 0.4) is 0 Å². The van der Waals surface area contributed by atoms with Crippen molar-refractivity contribution < 1.29 is 13.2 Å². The predicted octanol–water partition coefficient (Wildman–Crippen LogP) is 2.17.